The number of aromatic nitrogens is 3. The van der Waals surface area contributed by atoms with Crippen molar-refractivity contribution >= 4 is 11.8 Å². The summed E-state index contributed by atoms with van der Waals surface area (Å²) in [5, 5.41) is 4.66. The lowest BCUT2D eigenvalue weighted by molar-refractivity contribution is 0.412. The molecule has 0 fully saturated rings. The highest BCUT2D eigenvalue weighted by atomic mass is 32.2. The molecule has 2 rings (SSSR count). The van der Waals surface area contributed by atoms with Gasteiger partial charge in [-0.1, -0.05) is 23.0 Å². The molecule has 4 nitrogen and oxygen atoms in total. The Bertz CT molecular complexity index is 349. The lowest BCUT2D eigenvalue weighted by Gasteiger charge is -1.94. The summed E-state index contributed by atoms with van der Waals surface area (Å²) in [6.45, 7) is 0. The van der Waals surface area contributed by atoms with E-state index in [-0.39, 0.29) is 0 Å². The molecule has 0 radical (unpaired) electrons. The van der Waals surface area contributed by atoms with Gasteiger partial charge in [0.05, 0.1) is 10.8 Å². The van der Waals surface area contributed by atoms with E-state index in [0.29, 0.717) is 11.6 Å². The van der Waals surface area contributed by atoms with Crippen molar-refractivity contribution in [1.82, 2.24) is 15.1 Å². The van der Waals surface area contributed by atoms with Gasteiger partial charge in [-0.15, -0.1) is 0 Å². The van der Waals surface area contributed by atoms with Crippen molar-refractivity contribution in [3.8, 4) is 0 Å². The largest absolute Gasteiger partial charge is 0.343 e. The van der Waals surface area contributed by atoms with Gasteiger partial charge in [0, 0.05) is 6.20 Å². The van der Waals surface area contributed by atoms with Crippen molar-refractivity contribution in [3.05, 3.63) is 36.6 Å². The van der Waals surface area contributed by atoms with Gasteiger partial charge in [-0.05, 0) is 12.1 Å². The summed E-state index contributed by atoms with van der Waals surface area (Å²) in [5.74, 6) is 1.38. The van der Waals surface area contributed by atoms with Gasteiger partial charge < -0.3 is 4.52 Å². The van der Waals surface area contributed by atoms with Gasteiger partial charge in [-0.2, -0.15) is 4.98 Å². The van der Waals surface area contributed by atoms with Crippen molar-refractivity contribution in [3.63, 3.8) is 0 Å². The van der Waals surface area contributed by atoms with Gasteiger partial charge in [0.1, 0.15) is 0 Å². The second-order valence-corrected chi connectivity index (χ2v) is 3.30. The predicted molar refractivity (Wildman–Crippen MR) is 48.1 cm³/mol. The van der Waals surface area contributed by atoms with Crippen molar-refractivity contribution in [1.29, 1.82) is 0 Å². The van der Waals surface area contributed by atoms with Gasteiger partial charge in [0.2, 0.25) is 6.39 Å². The highest BCUT2D eigenvalue weighted by molar-refractivity contribution is 7.98. The molecule has 0 spiro atoms. The van der Waals surface area contributed by atoms with Crippen molar-refractivity contribution < 1.29 is 4.52 Å². The summed E-state index contributed by atoms with van der Waals surface area (Å²) in [5.41, 5.74) is 0. The molecule has 0 amide bonds. The maximum absolute atomic E-state index is 4.61. The Balaban J connectivity index is 1.94. The molecule has 0 N–H and O–H groups in total. The van der Waals surface area contributed by atoms with E-state index in [1.165, 1.54) is 6.39 Å². The van der Waals surface area contributed by atoms with Crippen LogP contribution in [0, 0.1) is 0 Å². The minimum atomic E-state index is 0.688. The molecule has 2 aromatic heterocycles. The zero-order valence-corrected chi connectivity index (χ0v) is 7.57. The third-order valence-corrected chi connectivity index (χ3v) is 2.33. The van der Waals surface area contributed by atoms with E-state index in [2.05, 4.69) is 19.6 Å². The lowest BCUT2D eigenvalue weighted by atomic mass is 10.5. The topological polar surface area (TPSA) is 51.8 Å². The fourth-order valence-electron chi connectivity index (χ4n) is 0.827. The molecule has 0 saturated heterocycles. The van der Waals surface area contributed by atoms with Gasteiger partial charge >= 0.3 is 0 Å². The highest BCUT2D eigenvalue weighted by Crippen LogP contribution is 2.17. The molecule has 0 aliphatic carbocycles. The van der Waals surface area contributed by atoms with Crippen LogP contribution in [0.1, 0.15) is 5.82 Å². The summed E-state index contributed by atoms with van der Waals surface area (Å²) < 4.78 is 4.61. The number of pyridine rings is 1. The van der Waals surface area contributed by atoms with E-state index in [0.717, 1.165) is 5.03 Å². The van der Waals surface area contributed by atoms with Crippen molar-refractivity contribution in [2.24, 2.45) is 0 Å². The Morgan fingerprint density at radius 1 is 1.31 bits per heavy atom. The average Bonchev–Trinajstić information content (AvgIpc) is 2.69. The van der Waals surface area contributed by atoms with E-state index >= 15 is 0 Å². The van der Waals surface area contributed by atoms with Crippen LogP contribution in [0.2, 0.25) is 0 Å². The molecule has 2 aromatic rings. The van der Waals surface area contributed by atoms with Crippen LogP contribution >= 0.6 is 11.8 Å². The molecular weight excluding hydrogens is 186 g/mol. The van der Waals surface area contributed by atoms with E-state index in [9.17, 15) is 0 Å². The van der Waals surface area contributed by atoms with Gasteiger partial charge in [0.25, 0.3) is 0 Å². The van der Waals surface area contributed by atoms with Gasteiger partial charge in [0.15, 0.2) is 5.82 Å². The second-order valence-electron chi connectivity index (χ2n) is 2.30. The maximum atomic E-state index is 4.61. The van der Waals surface area contributed by atoms with Crippen LogP contribution in [0.3, 0.4) is 0 Å². The average molecular weight is 193 g/mol. The summed E-state index contributed by atoms with van der Waals surface area (Å²) in [6, 6.07) is 5.79. The minimum absolute atomic E-state index is 0.688. The molecule has 5 heteroatoms. The first-order chi connectivity index (χ1) is 6.45. The normalized spacial score (nSPS) is 10.2. The molecule has 0 bridgehead atoms. The Morgan fingerprint density at radius 2 is 2.31 bits per heavy atom. The smallest absolute Gasteiger partial charge is 0.213 e. The molecule has 2 heterocycles. The summed E-state index contributed by atoms with van der Waals surface area (Å²) in [4.78, 5) is 8.06. The first kappa shape index (κ1) is 8.25. The number of nitrogens with zero attached hydrogens (tertiary/aromatic N) is 3. The standard InChI is InChI=1S/C8H7N3OS/c1-2-4-9-8(3-1)13-5-7-10-6-12-11-7/h1-4,6H,5H2. The Hall–Kier alpha value is -1.36. The summed E-state index contributed by atoms with van der Waals surface area (Å²) >= 11 is 1.58. The number of hydrogen-bond donors (Lipinski definition) is 0. The quantitative estimate of drug-likeness (QED) is 0.695. The second kappa shape index (κ2) is 4.04. The molecule has 0 atom stereocenters. The van der Waals surface area contributed by atoms with E-state index in [4.69, 9.17) is 0 Å². The fraction of sp³-hybridized carbons (Fsp3) is 0.125. The first-order valence-electron chi connectivity index (χ1n) is 3.74. The maximum Gasteiger partial charge on any atom is 0.213 e. The Labute approximate surface area is 79.4 Å². The third kappa shape index (κ3) is 2.29. The molecule has 0 aliphatic rings. The van der Waals surface area contributed by atoms with Crippen LogP contribution in [0.5, 0.6) is 0 Å². The van der Waals surface area contributed by atoms with Crippen LogP contribution in [-0.2, 0) is 5.75 Å². The number of rotatable bonds is 3. The number of hydrogen-bond acceptors (Lipinski definition) is 5. The van der Waals surface area contributed by atoms with Crippen LogP contribution in [-0.4, -0.2) is 15.1 Å². The summed E-state index contributed by atoms with van der Waals surface area (Å²) in [7, 11) is 0. The van der Waals surface area contributed by atoms with E-state index < -0.39 is 0 Å². The zero-order chi connectivity index (χ0) is 8.93. The Kier molecular flexibility index (Phi) is 2.56. The van der Waals surface area contributed by atoms with Crippen molar-refractivity contribution in [2.75, 3.05) is 0 Å². The third-order valence-electron chi connectivity index (χ3n) is 1.39. The first-order valence-corrected chi connectivity index (χ1v) is 4.73. The Morgan fingerprint density at radius 3 is 3.00 bits per heavy atom. The monoisotopic (exact) mass is 193 g/mol. The van der Waals surface area contributed by atoms with E-state index in [1.54, 1.807) is 18.0 Å². The SMILES string of the molecule is c1ccc(SCc2ncon2)nc1. The molecule has 0 saturated carbocycles. The molecule has 0 aromatic carbocycles. The molecule has 0 aliphatic heterocycles. The minimum Gasteiger partial charge on any atom is -0.343 e. The molecule has 0 unspecified atom stereocenters. The van der Waals surface area contributed by atoms with E-state index in [1.807, 2.05) is 18.2 Å². The number of thioether (sulfide) groups is 1. The van der Waals surface area contributed by atoms with Gasteiger partial charge in [-0.3, -0.25) is 0 Å². The fourth-order valence-corrected chi connectivity index (χ4v) is 1.54. The van der Waals surface area contributed by atoms with Gasteiger partial charge in [-0.25, -0.2) is 4.98 Å². The molecular formula is C8H7N3OS. The molecule has 13 heavy (non-hydrogen) atoms. The summed E-state index contributed by atoms with van der Waals surface area (Å²) in [6.07, 6.45) is 3.09. The highest BCUT2D eigenvalue weighted by Gasteiger charge is 1.99. The van der Waals surface area contributed by atoms with Crippen LogP contribution in [0.15, 0.2) is 40.3 Å². The van der Waals surface area contributed by atoms with Crippen LogP contribution in [0.4, 0.5) is 0 Å². The zero-order valence-electron chi connectivity index (χ0n) is 6.75. The van der Waals surface area contributed by atoms with Crippen LogP contribution < -0.4 is 0 Å². The lowest BCUT2D eigenvalue weighted by Crippen LogP contribution is -1.84. The van der Waals surface area contributed by atoms with Crippen molar-refractivity contribution in [2.45, 2.75) is 10.8 Å². The predicted octanol–water partition coefficient (Wildman–Crippen LogP) is 1.76. The van der Waals surface area contributed by atoms with Crippen LogP contribution in [0.25, 0.3) is 0 Å². The molecule has 66 valence electrons.